The average molecular weight is 450 g/mol. The quantitative estimate of drug-likeness (QED) is 0.107. The Morgan fingerprint density at radius 1 is 1.00 bits per heavy atom. The molecule has 0 aliphatic rings. The van der Waals surface area contributed by atoms with E-state index in [-0.39, 0.29) is 25.0 Å². The fraction of sp³-hybridized carbons (Fsp3) is 0.625. The summed E-state index contributed by atoms with van der Waals surface area (Å²) < 4.78 is 4.72. The Morgan fingerprint density at radius 2 is 1.60 bits per heavy atom. The number of ether oxygens (including phenoxy) is 1. The van der Waals surface area contributed by atoms with E-state index in [1.54, 1.807) is 0 Å². The van der Waals surface area contributed by atoms with Gasteiger partial charge >= 0.3 is 17.9 Å². The van der Waals surface area contributed by atoms with Crippen molar-refractivity contribution in [2.24, 2.45) is 5.73 Å². The van der Waals surface area contributed by atoms with Crippen LogP contribution in [0.5, 0.6) is 0 Å². The number of hydrogen-bond donors (Lipinski definition) is 7. The Morgan fingerprint density at radius 3 is 2.10 bits per heavy atom. The minimum absolute atomic E-state index is 0.0485. The molecule has 0 aliphatic heterocycles. The predicted octanol–water partition coefficient (Wildman–Crippen LogP) is -2.77. The van der Waals surface area contributed by atoms with E-state index in [4.69, 9.17) is 20.7 Å². The number of rotatable bonds is 14. The molecule has 30 heavy (non-hydrogen) atoms. The highest BCUT2D eigenvalue weighted by Gasteiger charge is 2.23. The second-order valence-corrected chi connectivity index (χ2v) is 6.36. The van der Waals surface area contributed by atoms with Crippen LogP contribution in [0.1, 0.15) is 26.2 Å². The second kappa shape index (κ2) is 14.2. The van der Waals surface area contributed by atoms with Gasteiger partial charge in [-0.15, -0.1) is 0 Å². The minimum Gasteiger partial charge on any atom is -0.480 e. The maximum Gasteiger partial charge on any atom is 0.329 e. The van der Waals surface area contributed by atoms with E-state index in [1.807, 2.05) is 0 Å². The van der Waals surface area contributed by atoms with E-state index in [1.165, 1.54) is 6.92 Å². The summed E-state index contributed by atoms with van der Waals surface area (Å²) in [6.45, 7) is 0.274. The number of carboxylic acid groups (broad SMARTS) is 2. The number of amides is 3. The third-order valence-electron chi connectivity index (χ3n) is 3.61. The van der Waals surface area contributed by atoms with Gasteiger partial charge in [0.1, 0.15) is 25.2 Å². The molecule has 7 N–H and O–H groups in total. The van der Waals surface area contributed by atoms with Crippen molar-refractivity contribution in [2.75, 3.05) is 18.9 Å². The first-order valence-electron chi connectivity index (χ1n) is 8.85. The lowest BCUT2D eigenvalue weighted by Gasteiger charge is -2.17. The third-order valence-corrected chi connectivity index (χ3v) is 3.97. The maximum absolute atomic E-state index is 12.0. The SMILES string of the molecule is CCC(=O)N[C@@H](COC(=O)CNC(=O)C(CS)NC(=O)CCC(N)C(=O)O)C(=O)O. The lowest BCUT2D eigenvalue weighted by atomic mass is 10.1. The first-order valence-corrected chi connectivity index (χ1v) is 9.49. The topological polar surface area (TPSA) is 214 Å². The molecule has 0 heterocycles. The summed E-state index contributed by atoms with van der Waals surface area (Å²) in [5.41, 5.74) is 5.29. The van der Waals surface area contributed by atoms with E-state index >= 15 is 0 Å². The molecule has 170 valence electrons. The average Bonchev–Trinajstić information content (AvgIpc) is 2.70. The van der Waals surface area contributed by atoms with Crippen molar-refractivity contribution < 1.29 is 43.7 Å². The van der Waals surface area contributed by atoms with Gasteiger partial charge in [0, 0.05) is 18.6 Å². The maximum atomic E-state index is 12.0. The Kier molecular flexibility index (Phi) is 12.8. The van der Waals surface area contributed by atoms with E-state index in [2.05, 4.69) is 28.6 Å². The molecule has 0 fully saturated rings. The molecule has 3 atom stereocenters. The second-order valence-electron chi connectivity index (χ2n) is 6.00. The number of nitrogens with one attached hydrogen (secondary N) is 3. The van der Waals surface area contributed by atoms with Crippen molar-refractivity contribution in [1.29, 1.82) is 0 Å². The van der Waals surface area contributed by atoms with Gasteiger partial charge in [0.15, 0.2) is 6.04 Å². The van der Waals surface area contributed by atoms with Gasteiger partial charge in [-0.3, -0.25) is 24.0 Å². The van der Waals surface area contributed by atoms with Crippen molar-refractivity contribution in [3.63, 3.8) is 0 Å². The summed E-state index contributed by atoms with van der Waals surface area (Å²) in [5.74, 6) is -5.65. The van der Waals surface area contributed by atoms with E-state index in [0.29, 0.717) is 0 Å². The van der Waals surface area contributed by atoms with E-state index in [0.717, 1.165) is 0 Å². The number of aliphatic carboxylic acids is 2. The van der Waals surface area contributed by atoms with Crippen LogP contribution in [-0.2, 0) is 33.5 Å². The van der Waals surface area contributed by atoms with Crippen LogP contribution in [0.15, 0.2) is 0 Å². The monoisotopic (exact) mass is 450 g/mol. The zero-order valence-corrected chi connectivity index (χ0v) is 17.1. The molecule has 0 aromatic carbocycles. The molecule has 0 saturated carbocycles. The minimum atomic E-state index is -1.43. The molecule has 0 bridgehead atoms. The fourth-order valence-corrected chi connectivity index (χ4v) is 2.11. The van der Waals surface area contributed by atoms with Crippen LogP contribution in [0.4, 0.5) is 0 Å². The Labute approximate surface area is 177 Å². The molecular weight excluding hydrogens is 424 g/mol. The highest BCUT2D eigenvalue weighted by molar-refractivity contribution is 7.80. The smallest absolute Gasteiger partial charge is 0.329 e. The van der Waals surface area contributed by atoms with Gasteiger partial charge in [-0.1, -0.05) is 6.92 Å². The fourth-order valence-electron chi connectivity index (χ4n) is 1.85. The number of esters is 1. The normalized spacial score (nSPS) is 13.3. The molecule has 13 nitrogen and oxygen atoms in total. The lowest BCUT2D eigenvalue weighted by molar-refractivity contribution is -0.150. The lowest BCUT2D eigenvalue weighted by Crippen LogP contribution is -2.49. The van der Waals surface area contributed by atoms with Crippen molar-refractivity contribution in [3.8, 4) is 0 Å². The molecule has 3 amide bonds. The summed E-state index contributed by atoms with van der Waals surface area (Å²) >= 11 is 3.93. The molecule has 2 unspecified atom stereocenters. The standard InChI is InChI=1S/C16H26N4O9S/c1-2-11(21)19-9(16(27)28)6-29-13(23)5-18-14(24)10(7-30)20-12(22)4-3-8(17)15(25)26/h8-10,30H,2-7,17H2,1H3,(H,18,24)(H,19,21)(H,20,22)(H,25,26)(H,27,28)/t8?,9-,10?/m0/s1. The Hall–Kier alpha value is -2.87. The predicted molar refractivity (Wildman–Crippen MR) is 104 cm³/mol. The van der Waals surface area contributed by atoms with Crippen molar-refractivity contribution in [1.82, 2.24) is 16.0 Å². The summed E-state index contributed by atoms with van der Waals surface area (Å²) in [7, 11) is 0. The zero-order valence-electron chi connectivity index (χ0n) is 16.3. The van der Waals surface area contributed by atoms with Crippen molar-refractivity contribution in [2.45, 2.75) is 44.3 Å². The third kappa shape index (κ3) is 11.2. The number of carbonyl (C=O) groups excluding carboxylic acids is 4. The molecular formula is C16H26N4O9S. The molecule has 14 heteroatoms. The van der Waals surface area contributed by atoms with Crippen LogP contribution >= 0.6 is 12.6 Å². The molecule has 0 spiro atoms. The van der Waals surface area contributed by atoms with Crippen LogP contribution < -0.4 is 21.7 Å². The summed E-state index contributed by atoms with van der Waals surface area (Å²) in [6, 6.07) is -3.76. The molecule has 0 radical (unpaired) electrons. The highest BCUT2D eigenvalue weighted by atomic mass is 32.1. The van der Waals surface area contributed by atoms with Gasteiger partial charge < -0.3 is 36.6 Å². The van der Waals surface area contributed by atoms with Crippen LogP contribution in [0.3, 0.4) is 0 Å². The van der Waals surface area contributed by atoms with Gasteiger partial charge in [-0.25, -0.2) is 4.79 Å². The number of hydrogen-bond acceptors (Lipinski definition) is 9. The van der Waals surface area contributed by atoms with E-state index < -0.39 is 66.9 Å². The van der Waals surface area contributed by atoms with Crippen LogP contribution in [-0.4, -0.2) is 82.9 Å². The van der Waals surface area contributed by atoms with Gasteiger partial charge in [0.05, 0.1) is 0 Å². The molecule has 0 aromatic rings. The highest BCUT2D eigenvalue weighted by Crippen LogP contribution is 1.97. The van der Waals surface area contributed by atoms with Crippen molar-refractivity contribution >= 4 is 48.3 Å². The summed E-state index contributed by atoms with van der Waals surface area (Å²) in [4.78, 5) is 68.4. The van der Waals surface area contributed by atoms with Gasteiger partial charge in [0.25, 0.3) is 0 Å². The molecule has 0 saturated heterocycles. The number of carbonyl (C=O) groups is 6. The Balaban J connectivity index is 4.44. The van der Waals surface area contributed by atoms with Crippen LogP contribution in [0.25, 0.3) is 0 Å². The summed E-state index contributed by atoms with van der Waals surface area (Å²) in [6.07, 6.45) is -0.312. The molecule has 0 aliphatic carbocycles. The zero-order chi connectivity index (χ0) is 23.3. The number of nitrogens with two attached hydrogens (primary N) is 1. The van der Waals surface area contributed by atoms with Gasteiger partial charge in [-0.05, 0) is 6.42 Å². The Bertz CT molecular complexity index is 659. The number of thiol groups is 1. The largest absolute Gasteiger partial charge is 0.480 e. The number of carboxylic acids is 2. The first kappa shape index (κ1) is 27.1. The first-order chi connectivity index (χ1) is 14.0. The van der Waals surface area contributed by atoms with Crippen LogP contribution in [0.2, 0.25) is 0 Å². The molecule has 0 rings (SSSR count). The van der Waals surface area contributed by atoms with Gasteiger partial charge in [-0.2, -0.15) is 12.6 Å². The van der Waals surface area contributed by atoms with Crippen molar-refractivity contribution in [3.05, 3.63) is 0 Å². The van der Waals surface area contributed by atoms with E-state index in [9.17, 15) is 28.8 Å². The van der Waals surface area contributed by atoms with Crippen LogP contribution in [0, 0.1) is 0 Å². The van der Waals surface area contributed by atoms with Gasteiger partial charge in [0.2, 0.25) is 17.7 Å². The summed E-state index contributed by atoms with van der Waals surface area (Å²) in [5, 5.41) is 24.3. The molecule has 0 aromatic heterocycles.